The quantitative estimate of drug-likeness (QED) is 0.515. The van der Waals surface area contributed by atoms with Crippen LogP contribution in [0.2, 0.25) is 20.2 Å². The monoisotopic (exact) mass is 363 g/mol. The lowest BCUT2D eigenvalue weighted by Gasteiger charge is -2.14. The lowest BCUT2D eigenvalue weighted by atomic mass is 10.2. The molecule has 0 aliphatic heterocycles. The Bertz CT molecular complexity index is 686. The standard InChI is InChI=1S/C14H13Cl4N3/c1-6(2)13-20-12(18)7(3)14(21-13)19-11-5-9(16)8(15)4-10(11)17/h4-6H,1-3H3,(H,19,20,21). The summed E-state index contributed by atoms with van der Waals surface area (Å²) < 4.78 is 0. The first kappa shape index (κ1) is 16.6. The van der Waals surface area contributed by atoms with Crippen molar-refractivity contribution >= 4 is 57.9 Å². The molecule has 21 heavy (non-hydrogen) atoms. The van der Waals surface area contributed by atoms with Gasteiger partial charge in [0.25, 0.3) is 0 Å². The number of anilines is 2. The fraction of sp³-hybridized carbons (Fsp3) is 0.286. The van der Waals surface area contributed by atoms with Crippen LogP contribution in [0, 0.1) is 6.92 Å². The second kappa shape index (κ2) is 6.57. The largest absolute Gasteiger partial charge is 0.339 e. The molecule has 0 radical (unpaired) electrons. The SMILES string of the molecule is Cc1c(Cl)nc(C(C)C)nc1Nc1cc(Cl)c(Cl)cc1Cl. The predicted molar refractivity (Wildman–Crippen MR) is 90.6 cm³/mol. The van der Waals surface area contributed by atoms with E-state index in [-0.39, 0.29) is 5.92 Å². The van der Waals surface area contributed by atoms with Gasteiger partial charge in [-0.2, -0.15) is 0 Å². The van der Waals surface area contributed by atoms with E-state index in [1.54, 1.807) is 12.1 Å². The third-order valence-corrected chi connectivity index (χ3v) is 4.29. The number of aromatic nitrogens is 2. The zero-order valence-corrected chi connectivity index (χ0v) is 14.7. The molecule has 0 bridgehead atoms. The van der Waals surface area contributed by atoms with Crippen LogP contribution in [0.1, 0.15) is 31.2 Å². The summed E-state index contributed by atoms with van der Waals surface area (Å²) in [5.41, 5.74) is 1.35. The highest BCUT2D eigenvalue weighted by atomic mass is 35.5. The summed E-state index contributed by atoms with van der Waals surface area (Å²) in [5, 5.41) is 4.80. The van der Waals surface area contributed by atoms with Crippen LogP contribution in [0.4, 0.5) is 11.5 Å². The van der Waals surface area contributed by atoms with Crippen molar-refractivity contribution in [2.45, 2.75) is 26.7 Å². The van der Waals surface area contributed by atoms with Crippen LogP contribution >= 0.6 is 46.4 Å². The third-order valence-electron chi connectivity index (χ3n) is 2.88. The molecule has 112 valence electrons. The molecule has 0 fully saturated rings. The molecule has 2 rings (SSSR count). The molecule has 0 aliphatic rings. The number of nitrogens with one attached hydrogen (secondary N) is 1. The van der Waals surface area contributed by atoms with E-state index in [1.165, 1.54) is 0 Å². The molecule has 0 saturated heterocycles. The first-order chi connectivity index (χ1) is 9.79. The smallest absolute Gasteiger partial charge is 0.138 e. The molecule has 0 atom stereocenters. The van der Waals surface area contributed by atoms with Crippen molar-refractivity contribution in [2.75, 3.05) is 5.32 Å². The van der Waals surface area contributed by atoms with E-state index in [4.69, 9.17) is 46.4 Å². The highest BCUT2D eigenvalue weighted by molar-refractivity contribution is 6.44. The van der Waals surface area contributed by atoms with Gasteiger partial charge in [0.2, 0.25) is 0 Å². The minimum atomic E-state index is 0.160. The van der Waals surface area contributed by atoms with Gasteiger partial charge in [0.05, 0.1) is 20.8 Å². The third kappa shape index (κ3) is 3.72. The Morgan fingerprint density at radius 3 is 2.19 bits per heavy atom. The summed E-state index contributed by atoms with van der Waals surface area (Å²) in [4.78, 5) is 8.74. The molecular weight excluding hydrogens is 352 g/mol. The topological polar surface area (TPSA) is 37.8 Å². The van der Waals surface area contributed by atoms with E-state index in [0.717, 1.165) is 5.56 Å². The lowest BCUT2D eigenvalue weighted by Crippen LogP contribution is -2.05. The molecule has 2 aromatic rings. The summed E-state index contributed by atoms with van der Waals surface area (Å²) in [6.45, 7) is 5.83. The van der Waals surface area contributed by atoms with Gasteiger partial charge in [-0.15, -0.1) is 0 Å². The Morgan fingerprint density at radius 2 is 1.57 bits per heavy atom. The Labute approximate surface area is 143 Å². The van der Waals surface area contributed by atoms with E-state index >= 15 is 0 Å². The van der Waals surface area contributed by atoms with Crippen molar-refractivity contribution in [2.24, 2.45) is 0 Å². The summed E-state index contributed by atoms with van der Waals surface area (Å²) >= 11 is 24.3. The average Bonchev–Trinajstić information content (AvgIpc) is 2.40. The maximum Gasteiger partial charge on any atom is 0.138 e. The normalized spacial score (nSPS) is 11.0. The first-order valence-corrected chi connectivity index (χ1v) is 7.76. The van der Waals surface area contributed by atoms with Crippen molar-refractivity contribution in [3.63, 3.8) is 0 Å². The van der Waals surface area contributed by atoms with Gasteiger partial charge in [-0.1, -0.05) is 60.3 Å². The molecule has 1 heterocycles. The minimum Gasteiger partial charge on any atom is -0.339 e. The van der Waals surface area contributed by atoms with E-state index in [1.807, 2.05) is 20.8 Å². The van der Waals surface area contributed by atoms with Crippen molar-refractivity contribution in [1.29, 1.82) is 0 Å². The summed E-state index contributed by atoms with van der Waals surface area (Å²) in [5.74, 6) is 1.41. The van der Waals surface area contributed by atoms with Crippen molar-refractivity contribution in [3.05, 3.63) is 43.7 Å². The first-order valence-electron chi connectivity index (χ1n) is 6.25. The van der Waals surface area contributed by atoms with Crippen LogP contribution < -0.4 is 5.32 Å². The predicted octanol–water partition coefficient (Wildman–Crippen LogP) is 6.27. The minimum absolute atomic E-state index is 0.160. The van der Waals surface area contributed by atoms with Gasteiger partial charge in [-0.25, -0.2) is 9.97 Å². The van der Waals surface area contributed by atoms with Gasteiger partial charge in [0, 0.05) is 11.5 Å². The molecule has 0 aliphatic carbocycles. The van der Waals surface area contributed by atoms with E-state index in [2.05, 4.69) is 15.3 Å². The van der Waals surface area contributed by atoms with Crippen LogP contribution in [0.15, 0.2) is 12.1 Å². The number of hydrogen-bond acceptors (Lipinski definition) is 3. The highest BCUT2D eigenvalue weighted by Gasteiger charge is 2.14. The Hall–Kier alpha value is -0.740. The van der Waals surface area contributed by atoms with Gasteiger partial charge < -0.3 is 5.32 Å². The molecule has 0 amide bonds. The molecule has 0 spiro atoms. The molecule has 1 N–H and O–H groups in total. The number of nitrogens with zero attached hydrogens (tertiary/aromatic N) is 2. The summed E-state index contributed by atoms with van der Waals surface area (Å²) in [6.07, 6.45) is 0. The van der Waals surface area contributed by atoms with Crippen LogP contribution in [-0.2, 0) is 0 Å². The highest BCUT2D eigenvalue weighted by Crippen LogP contribution is 2.35. The maximum absolute atomic E-state index is 6.16. The van der Waals surface area contributed by atoms with Gasteiger partial charge in [0.1, 0.15) is 16.8 Å². The maximum atomic E-state index is 6.16. The Balaban J connectivity index is 2.46. The van der Waals surface area contributed by atoms with Crippen LogP contribution in [0.3, 0.4) is 0 Å². The number of rotatable bonds is 3. The number of halogens is 4. The van der Waals surface area contributed by atoms with E-state index in [0.29, 0.717) is 37.6 Å². The zero-order valence-electron chi connectivity index (χ0n) is 11.6. The Kier molecular flexibility index (Phi) is 5.20. The molecule has 1 aromatic heterocycles. The molecular formula is C14H13Cl4N3. The Morgan fingerprint density at radius 1 is 0.952 bits per heavy atom. The lowest BCUT2D eigenvalue weighted by molar-refractivity contribution is 0.773. The van der Waals surface area contributed by atoms with Crippen LogP contribution in [0.5, 0.6) is 0 Å². The van der Waals surface area contributed by atoms with E-state index < -0.39 is 0 Å². The van der Waals surface area contributed by atoms with Crippen molar-refractivity contribution < 1.29 is 0 Å². The molecule has 0 unspecified atom stereocenters. The fourth-order valence-electron chi connectivity index (χ4n) is 1.63. The van der Waals surface area contributed by atoms with Gasteiger partial charge in [0.15, 0.2) is 0 Å². The van der Waals surface area contributed by atoms with Crippen molar-refractivity contribution in [1.82, 2.24) is 9.97 Å². The number of hydrogen-bond donors (Lipinski definition) is 1. The fourth-order valence-corrected chi connectivity index (χ4v) is 2.40. The molecule has 3 nitrogen and oxygen atoms in total. The summed E-state index contributed by atoms with van der Waals surface area (Å²) in [6, 6.07) is 3.23. The van der Waals surface area contributed by atoms with Gasteiger partial charge >= 0.3 is 0 Å². The van der Waals surface area contributed by atoms with E-state index in [9.17, 15) is 0 Å². The van der Waals surface area contributed by atoms with Gasteiger partial charge in [-0.3, -0.25) is 0 Å². The summed E-state index contributed by atoms with van der Waals surface area (Å²) in [7, 11) is 0. The van der Waals surface area contributed by atoms with Crippen LogP contribution in [0.25, 0.3) is 0 Å². The average molecular weight is 365 g/mol. The molecule has 0 saturated carbocycles. The second-order valence-electron chi connectivity index (χ2n) is 4.87. The zero-order chi connectivity index (χ0) is 15.7. The van der Waals surface area contributed by atoms with Gasteiger partial charge in [-0.05, 0) is 19.1 Å². The van der Waals surface area contributed by atoms with Crippen molar-refractivity contribution in [3.8, 4) is 0 Å². The molecule has 1 aromatic carbocycles. The second-order valence-corrected chi connectivity index (χ2v) is 6.45. The van der Waals surface area contributed by atoms with Crippen LogP contribution in [-0.4, -0.2) is 9.97 Å². The molecule has 7 heteroatoms. The number of benzene rings is 1.